The fraction of sp³-hybridized carbons (Fsp3) is 0.211. The van der Waals surface area contributed by atoms with Crippen LogP contribution in [0.15, 0.2) is 59.1 Å². The van der Waals surface area contributed by atoms with Crippen molar-refractivity contribution in [2.45, 2.75) is 13.8 Å². The van der Waals surface area contributed by atoms with Crippen LogP contribution in [0.5, 0.6) is 11.5 Å². The van der Waals surface area contributed by atoms with E-state index in [1.807, 2.05) is 32.0 Å². The lowest BCUT2D eigenvalue weighted by Crippen LogP contribution is -2.12. The first-order valence-electron chi connectivity index (χ1n) is 7.60. The Morgan fingerprint density at radius 1 is 1.21 bits per heavy atom. The van der Waals surface area contributed by atoms with E-state index in [0.29, 0.717) is 36.0 Å². The molecular formula is C19H20BrNO3. The molecule has 1 amide bonds. The Kier molecular flexibility index (Phi) is 6.44. The Morgan fingerprint density at radius 2 is 2.00 bits per heavy atom. The van der Waals surface area contributed by atoms with Crippen LogP contribution in [-0.2, 0) is 0 Å². The van der Waals surface area contributed by atoms with Crippen molar-refractivity contribution in [2.24, 2.45) is 0 Å². The molecule has 0 aromatic heterocycles. The summed E-state index contributed by atoms with van der Waals surface area (Å²) in [5, 5.41) is 2.86. The van der Waals surface area contributed by atoms with Gasteiger partial charge in [0.15, 0.2) is 0 Å². The first-order valence-corrected chi connectivity index (χ1v) is 8.40. The Labute approximate surface area is 150 Å². The monoisotopic (exact) mass is 389 g/mol. The van der Waals surface area contributed by atoms with E-state index in [4.69, 9.17) is 9.47 Å². The van der Waals surface area contributed by atoms with Gasteiger partial charge in [0.2, 0.25) is 0 Å². The molecule has 0 aliphatic rings. The zero-order valence-electron chi connectivity index (χ0n) is 13.8. The molecule has 1 N–H and O–H groups in total. The van der Waals surface area contributed by atoms with Crippen molar-refractivity contribution < 1.29 is 14.3 Å². The summed E-state index contributed by atoms with van der Waals surface area (Å²) in [7, 11) is 0. The lowest BCUT2D eigenvalue weighted by Gasteiger charge is -2.10. The fourth-order valence-electron chi connectivity index (χ4n) is 1.99. The number of amides is 1. The van der Waals surface area contributed by atoms with Crippen LogP contribution in [0, 0.1) is 0 Å². The first kappa shape index (κ1) is 18.1. The largest absolute Gasteiger partial charge is 0.493 e. The van der Waals surface area contributed by atoms with E-state index >= 15 is 0 Å². The van der Waals surface area contributed by atoms with E-state index in [0.717, 1.165) is 10.0 Å². The smallest absolute Gasteiger partial charge is 0.255 e. The normalized spacial score (nSPS) is 10.1. The van der Waals surface area contributed by atoms with Crippen molar-refractivity contribution in [1.29, 1.82) is 0 Å². The molecule has 0 fully saturated rings. The standard InChI is InChI=1S/C19H20BrNO3/c1-4-23-18-9-8-14(10-17(18)20)19(22)21-15-6-5-7-16(11-15)24-12-13(2)3/h5-11H,2,4,12H2,1,3H3,(H,21,22). The van der Waals surface area contributed by atoms with Crippen LogP contribution in [0.2, 0.25) is 0 Å². The quantitative estimate of drug-likeness (QED) is 0.673. The number of carbonyl (C=O) groups is 1. The van der Waals surface area contributed by atoms with Gasteiger partial charge in [0, 0.05) is 17.3 Å². The number of hydrogen-bond acceptors (Lipinski definition) is 3. The topological polar surface area (TPSA) is 47.6 Å². The number of benzene rings is 2. The summed E-state index contributed by atoms with van der Waals surface area (Å²) in [5.41, 5.74) is 2.14. The molecule has 0 atom stereocenters. The molecule has 0 aliphatic heterocycles. The highest BCUT2D eigenvalue weighted by Crippen LogP contribution is 2.26. The SMILES string of the molecule is C=C(C)COc1cccc(NC(=O)c2ccc(OCC)c(Br)c2)c1. The van der Waals surface area contributed by atoms with Gasteiger partial charge in [0.25, 0.3) is 5.91 Å². The maximum Gasteiger partial charge on any atom is 0.255 e. The van der Waals surface area contributed by atoms with Gasteiger partial charge in [-0.3, -0.25) is 4.79 Å². The van der Waals surface area contributed by atoms with Gasteiger partial charge in [-0.15, -0.1) is 0 Å². The molecule has 2 aromatic carbocycles. The maximum absolute atomic E-state index is 12.4. The molecule has 5 heteroatoms. The lowest BCUT2D eigenvalue weighted by atomic mass is 10.2. The molecule has 0 bridgehead atoms. The molecule has 0 heterocycles. The Morgan fingerprint density at radius 3 is 2.67 bits per heavy atom. The number of ether oxygens (including phenoxy) is 2. The summed E-state index contributed by atoms with van der Waals surface area (Å²) < 4.78 is 11.8. The van der Waals surface area contributed by atoms with Crippen molar-refractivity contribution in [3.05, 3.63) is 64.7 Å². The number of nitrogens with one attached hydrogen (secondary N) is 1. The van der Waals surface area contributed by atoms with Crippen LogP contribution in [0.1, 0.15) is 24.2 Å². The summed E-state index contributed by atoms with van der Waals surface area (Å²) >= 11 is 3.41. The van der Waals surface area contributed by atoms with Crippen molar-refractivity contribution in [1.82, 2.24) is 0 Å². The molecule has 0 unspecified atom stereocenters. The average Bonchev–Trinajstić information content (AvgIpc) is 2.55. The van der Waals surface area contributed by atoms with Gasteiger partial charge in [-0.1, -0.05) is 12.6 Å². The van der Waals surface area contributed by atoms with Crippen LogP contribution in [0.25, 0.3) is 0 Å². The van der Waals surface area contributed by atoms with Gasteiger partial charge in [-0.05, 0) is 65.7 Å². The predicted molar refractivity (Wildman–Crippen MR) is 100 cm³/mol. The number of rotatable bonds is 7. The third kappa shape index (κ3) is 5.13. The fourth-order valence-corrected chi connectivity index (χ4v) is 2.48. The minimum Gasteiger partial charge on any atom is -0.493 e. The lowest BCUT2D eigenvalue weighted by molar-refractivity contribution is 0.102. The van der Waals surface area contributed by atoms with Crippen LogP contribution in [0.3, 0.4) is 0 Å². The number of halogens is 1. The average molecular weight is 390 g/mol. The van der Waals surface area contributed by atoms with Crippen molar-refractivity contribution >= 4 is 27.5 Å². The van der Waals surface area contributed by atoms with Crippen LogP contribution in [-0.4, -0.2) is 19.1 Å². The van der Waals surface area contributed by atoms with E-state index < -0.39 is 0 Å². The number of hydrogen-bond donors (Lipinski definition) is 1. The maximum atomic E-state index is 12.4. The highest BCUT2D eigenvalue weighted by atomic mass is 79.9. The van der Waals surface area contributed by atoms with Crippen molar-refractivity contribution in [3.8, 4) is 11.5 Å². The summed E-state index contributed by atoms with van der Waals surface area (Å²) in [6.45, 7) is 8.63. The van der Waals surface area contributed by atoms with Crippen LogP contribution >= 0.6 is 15.9 Å². The van der Waals surface area contributed by atoms with Gasteiger partial charge in [0.05, 0.1) is 11.1 Å². The van der Waals surface area contributed by atoms with Gasteiger partial charge in [-0.2, -0.15) is 0 Å². The third-order valence-corrected chi connectivity index (χ3v) is 3.69. The molecule has 0 spiro atoms. The Balaban J connectivity index is 2.07. The molecule has 2 aromatic rings. The molecule has 4 nitrogen and oxygen atoms in total. The van der Waals surface area contributed by atoms with E-state index in [1.54, 1.807) is 24.3 Å². The van der Waals surface area contributed by atoms with Gasteiger partial charge in [0.1, 0.15) is 18.1 Å². The van der Waals surface area contributed by atoms with Crippen molar-refractivity contribution in [3.63, 3.8) is 0 Å². The summed E-state index contributed by atoms with van der Waals surface area (Å²) in [6, 6.07) is 12.5. The highest BCUT2D eigenvalue weighted by molar-refractivity contribution is 9.10. The number of carbonyl (C=O) groups excluding carboxylic acids is 1. The number of anilines is 1. The molecule has 0 radical (unpaired) electrons. The summed E-state index contributed by atoms with van der Waals surface area (Å²) in [4.78, 5) is 12.4. The zero-order chi connectivity index (χ0) is 17.5. The minimum absolute atomic E-state index is 0.198. The Bertz CT molecular complexity index is 743. The van der Waals surface area contributed by atoms with Gasteiger partial charge in [-0.25, -0.2) is 0 Å². The molecular weight excluding hydrogens is 370 g/mol. The van der Waals surface area contributed by atoms with Crippen LogP contribution in [0.4, 0.5) is 5.69 Å². The molecule has 0 saturated carbocycles. The summed E-state index contributed by atoms with van der Waals surface area (Å²) in [5.74, 6) is 1.20. The molecule has 0 aliphatic carbocycles. The van der Waals surface area contributed by atoms with Gasteiger partial charge < -0.3 is 14.8 Å². The predicted octanol–water partition coefficient (Wildman–Crippen LogP) is 5.06. The zero-order valence-corrected chi connectivity index (χ0v) is 15.4. The van der Waals surface area contributed by atoms with E-state index in [9.17, 15) is 4.79 Å². The third-order valence-electron chi connectivity index (χ3n) is 3.07. The summed E-state index contributed by atoms with van der Waals surface area (Å²) in [6.07, 6.45) is 0. The van der Waals surface area contributed by atoms with Crippen LogP contribution < -0.4 is 14.8 Å². The van der Waals surface area contributed by atoms with Gasteiger partial charge >= 0.3 is 0 Å². The molecule has 126 valence electrons. The van der Waals surface area contributed by atoms with Crippen molar-refractivity contribution in [2.75, 3.05) is 18.5 Å². The second-order valence-corrected chi connectivity index (χ2v) is 6.16. The minimum atomic E-state index is -0.198. The van der Waals surface area contributed by atoms with E-state index in [2.05, 4.69) is 27.8 Å². The Hall–Kier alpha value is -2.27. The second kappa shape index (κ2) is 8.55. The highest BCUT2D eigenvalue weighted by Gasteiger charge is 2.10. The van der Waals surface area contributed by atoms with E-state index in [1.165, 1.54) is 0 Å². The molecule has 24 heavy (non-hydrogen) atoms. The molecule has 2 rings (SSSR count). The second-order valence-electron chi connectivity index (χ2n) is 5.31. The molecule has 0 saturated heterocycles. The first-order chi connectivity index (χ1) is 11.5. The van der Waals surface area contributed by atoms with E-state index in [-0.39, 0.29) is 5.91 Å².